The van der Waals surface area contributed by atoms with E-state index in [1.54, 1.807) is 17.8 Å². The molecule has 0 unspecified atom stereocenters. The summed E-state index contributed by atoms with van der Waals surface area (Å²) >= 11 is 1.73. The molecule has 94 valence electrons. The molecule has 1 aromatic rings. The second kappa shape index (κ2) is 4.44. The number of benzene rings is 1. The Hall–Kier alpha value is -0.840. The minimum Gasteiger partial charge on any atom is -0.383 e. The van der Waals surface area contributed by atoms with E-state index in [-0.39, 0.29) is 10.4 Å². The van der Waals surface area contributed by atoms with E-state index in [1.165, 1.54) is 12.1 Å². The zero-order valence-corrected chi connectivity index (χ0v) is 10.3. The van der Waals surface area contributed by atoms with Crippen LogP contribution in [0.4, 0.5) is 18.9 Å². The zero-order valence-electron chi connectivity index (χ0n) is 9.47. The lowest BCUT2D eigenvalue weighted by Crippen LogP contribution is -2.19. The van der Waals surface area contributed by atoms with Crippen molar-refractivity contribution in [1.82, 2.24) is 0 Å². The molecule has 0 spiro atoms. The lowest BCUT2D eigenvalue weighted by molar-refractivity contribution is -0.136. The summed E-state index contributed by atoms with van der Waals surface area (Å²) in [6.45, 7) is 0.598. The van der Waals surface area contributed by atoms with E-state index in [9.17, 15) is 13.2 Å². The highest BCUT2D eigenvalue weighted by atomic mass is 32.2. The van der Waals surface area contributed by atoms with Crippen LogP contribution < -0.4 is 5.32 Å². The molecule has 1 fully saturated rings. The normalized spacial score (nSPS) is 17.9. The third-order valence-electron chi connectivity index (χ3n) is 3.07. The summed E-state index contributed by atoms with van der Waals surface area (Å²) in [4.78, 5) is 0. The largest absolute Gasteiger partial charge is 0.418 e. The summed E-state index contributed by atoms with van der Waals surface area (Å²) in [5.41, 5.74) is -0.405. The van der Waals surface area contributed by atoms with Gasteiger partial charge in [0.1, 0.15) is 0 Å². The molecule has 0 amide bonds. The smallest absolute Gasteiger partial charge is 0.383 e. The van der Waals surface area contributed by atoms with Crippen molar-refractivity contribution in [1.29, 1.82) is 0 Å². The van der Waals surface area contributed by atoms with Gasteiger partial charge in [-0.1, -0.05) is 12.1 Å². The average Bonchev–Trinajstić information content (AvgIpc) is 3.06. The number of rotatable bonds is 4. The summed E-state index contributed by atoms with van der Waals surface area (Å²) in [6, 6.07) is 5.63. The Morgan fingerprint density at radius 3 is 2.47 bits per heavy atom. The summed E-state index contributed by atoms with van der Waals surface area (Å²) in [6.07, 6.45) is -0.130. The minimum absolute atomic E-state index is 0.151. The monoisotopic (exact) mass is 261 g/mol. The third kappa shape index (κ3) is 2.89. The van der Waals surface area contributed by atoms with Crippen LogP contribution in [0.3, 0.4) is 0 Å². The van der Waals surface area contributed by atoms with Crippen LogP contribution >= 0.6 is 11.8 Å². The van der Waals surface area contributed by atoms with Gasteiger partial charge in [-0.05, 0) is 31.2 Å². The fourth-order valence-electron chi connectivity index (χ4n) is 1.73. The molecule has 1 aliphatic rings. The predicted molar refractivity (Wildman–Crippen MR) is 65.4 cm³/mol. The average molecular weight is 261 g/mol. The number of alkyl halides is 3. The van der Waals surface area contributed by atoms with Crippen molar-refractivity contribution in [3.05, 3.63) is 29.8 Å². The van der Waals surface area contributed by atoms with Crippen LogP contribution in [0.25, 0.3) is 0 Å². The second-order valence-electron chi connectivity index (χ2n) is 4.28. The third-order valence-corrected chi connectivity index (χ3v) is 4.49. The van der Waals surface area contributed by atoms with Crippen LogP contribution in [0.1, 0.15) is 18.4 Å². The first-order valence-electron chi connectivity index (χ1n) is 5.42. The van der Waals surface area contributed by atoms with Gasteiger partial charge in [-0.15, -0.1) is 0 Å². The predicted octanol–water partition coefficient (Wildman–Crippen LogP) is 4.01. The maximum absolute atomic E-state index is 12.7. The molecular formula is C12H14F3NS. The molecule has 2 rings (SSSR count). The molecule has 1 nitrogen and oxygen atoms in total. The first-order chi connectivity index (χ1) is 7.97. The van der Waals surface area contributed by atoms with Crippen molar-refractivity contribution in [3.63, 3.8) is 0 Å². The lowest BCUT2D eigenvalue weighted by Gasteiger charge is -2.18. The molecule has 0 heterocycles. The molecule has 17 heavy (non-hydrogen) atoms. The molecule has 0 aromatic heterocycles. The lowest BCUT2D eigenvalue weighted by atomic mass is 10.1. The highest BCUT2D eigenvalue weighted by Gasteiger charge is 2.42. The van der Waals surface area contributed by atoms with Crippen molar-refractivity contribution in [2.45, 2.75) is 23.8 Å². The van der Waals surface area contributed by atoms with Gasteiger partial charge in [0.05, 0.1) is 5.56 Å². The van der Waals surface area contributed by atoms with Gasteiger partial charge in [0.15, 0.2) is 0 Å². The molecule has 1 saturated carbocycles. The number of para-hydroxylation sites is 1. The van der Waals surface area contributed by atoms with Gasteiger partial charge in [-0.25, -0.2) is 0 Å². The summed E-state index contributed by atoms with van der Waals surface area (Å²) in [7, 11) is 0. The topological polar surface area (TPSA) is 12.0 Å². The Kier molecular flexibility index (Phi) is 3.30. The van der Waals surface area contributed by atoms with Crippen molar-refractivity contribution >= 4 is 17.4 Å². The molecule has 5 heteroatoms. The van der Waals surface area contributed by atoms with E-state index in [0.717, 1.165) is 18.9 Å². The Morgan fingerprint density at radius 2 is 1.94 bits per heavy atom. The van der Waals surface area contributed by atoms with Crippen LogP contribution in [0.5, 0.6) is 0 Å². The number of nitrogens with one attached hydrogen (secondary N) is 1. The van der Waals surface area contributed by atoms with E-state index in [2.05, 4.69) is 5.32 Å². The molecule has 0 saturated heterocycles. The Morgan fingerprint density at radius 1 is 1.29 bits per heavy atom. The first kappa shape index (κ1) is 12.6. The Labute approximate surface area is 103 Å². The van der Waals surface area contributed by atoms with Crippen molar-refractivity contribution in [2.75, 3.05) is 18.1 Å². The molecule has 0 atom stereocenters. The number of anilines is 1. The van der Waals surface area contributed by atoms with Crippen molar-refractivity contribution < 1.29 is 13.2 Å². The summed E-state index contributed by atoms with van der Waals surface area (Å²) in [5.74, 6) is 0. The number of thioether (sulfide) groups is 1. The SMILES string of the molecule is CSC1(CNc2ccccc2C(F)(F)F)CC1. The minimum atomic E-state index is -4.29. The van der Waals surface area contributed by atoms with E-state index >= 15 is 0 Å². The van der Waals surface area contributed by atoms with E-state index < -0.39 is 11.7 Å². The molecule has 1 aromatic carbocycles. The van der Waals surface area contributed by atoms with Crippen LogP contribution in [-0.4, -0.2) is 17.5 Å². The van der Waals surface area contributed by atoms with Crippen molar-refractivity contribution in [2.24, 2.45) is 0 Å². The Bertz CT molecular complexity index is 399. The van der Waals surface area contributed by atoms with E-state index in [4.69, 9.17) is 0 Å². The molecular weight excluding hydrogens is 247 g/mol. The van der Waals surface area contributed by atoms with Gasteiger partial charge < -0.3 is 5.32 Å². The quantitative estimate of drug-likeness (QED) is 0.878. The first-order valence-corrected chi connectivity index (χ1v) is 6.65. The maximum Gasteiger partial charge on any atom is 0.418 e. The van der Waals surface area contributed by atoms with Crippen LogP contribution in [0.2, 0.25) is 0 Å². The summed E-state index contributed by atoms with van der Waals surface area (Å²) < 4.78 is 38.3. The van der Waals surface area contributed by atoms with Crippen LogP contribution in [0, 0.1) is 0 Å². The molecule has 1 N–H and O–H groups in total. The standard InChI is InChI=1S/C12H14F3NS/c1-17-11(6-7-11)8-16-10-5-3-2-4-9(10)12(13,14)15/h2-5,16H,6-8H2,1H3. The van der Waals surface area contributed by atoms with E-state index in [1.807, 2.05) is 6.26 Å². The van der Waals surface area contributed by atoms with Gasteiger partial charge in [-0.2, -0.15) is 24.9 Å². The Balaban J connectivity index is 2.10. The van der Waals surface area contributed by atoms with Crippen molar-refractivity contribution in [3.8, 4) is 0 Å². The maximum atomic E-state index is 12.7. The fraction of sp³-hybridized carbons (Fsp3) is 0.500. The second-order valence-corrected chi connectivity index (χ2v) is 5.56. The highest BCUT2D eigenvalue weighted by molar-refractivity contribution is 8.00. The molecule has 0 radical (unpaired) electrons. The summed E-state index contributed by atoms with van der Waals surface area (Å²) in [5, 5.41) is 2.93. The van der Waals surface area contributed by atoms with Gasteiger partial charge >= 0.3 is 6.18 Å². The molecule has 0 aliphatic heterocycles. The molecule has 0 bridgehead atoms. The van der Waals surface area contributed by atoms with Crippen LogP contribution in [-0.2, 0) is 6.18 Å². The van der Waals surface area contributed by atoms with Crippen LogP contribution in [0.15, 0.2) is 24.3 Å². The van der Waals surface area contributed by atoms with Gasteiger partial charge in [0.25, 0.3) is 0 Å². The molecule has 1 aliphatic carbocycles. The van der Waals surface area contributed by atoms with E-state index in [0.29, 0.717) is 6.54 Å². The number of hydrogen-bond acceptors (Lipinski definition) is 2. The number of hydrogen-bond donors (Lipinski definition) is 1. The number of halogens is 3. The van der Waals surface area contributed by atoms with Gasteiger partial charge in [0, 0.05) is 17.0 Å². The van der Waals surface area contributed by atoms with Gasteiger partial charge in [-0.3, -0.25) is 0 Å². The fourth-order valence-corrected chi connectivity index (χ4v) is 2.46. The van der Waals surface area contributed by atoms with Gasteiger partial charge in [0.2, 0.25) is 0 Å². The highest BCUT2D eigenvalue weighted by Crippen LogP contribution is 2.47. The zero-order chi connectivity index (χ0) is 12.5.